The van der Waals surface area contributed by atoms with Crippen LogP contribution in [0.5, 0.6) is 0 Å². The zero-order chi connectivity index (χ0) is 10.6. The number of nitrogens with one attached hydrogen (secondary N) is 1. The van der Waals surface area contributed by atoms with Crippen molar-refractivity contribution >= 4 is 0 Å². The van der Waals surface area contributed by atoms with Gasteiger partial charge >= 0.3 is 0 Å². The molecular weight excluding hydrogens is 178 g/mol. The molecule has 1 N–H and O–H groups in total. The number of ether oxygens (including phenoxy) is 2. The Kier molecular flexibility index (Phi) is 4.85. The van der Waals surface area contributed by atoms with Gasteiger partial charge in [0.2, 0.25) is 0 Å². The maximum absolute atomic E-state index is 5.93. The molecule has 3 nitrogen and oxygen atoms in total. The fraction of sp³-hybridized carbons (Fsp3) is 1.00. The van der Waals surface area contributed by atoms with E-state index in [1.54, 1.807) is 0 Å². The Labute approximate surface area is 87.2 Å². The molecule has 1 fully saturated rings. The Morgan fingerprint density at radius 2 is 1.93 bits per heavy atom. The lowest BCUT2D eigenvalue weighted by molar-refractivity contribution is -0.117. The van der Waals surface area contributed by atoms with Crippen LogP contribution in [0.4, 0.5) is 0 Å². The average molecular weight is 201 g/mol. The molecule has 1 rings (SSSR count). The summed E-state index contributed by atoms with van der Waals surface area (Å²) in [4.78, 5) is 0. The van der Waals surface area contributed by atoms with E-state index >= 15 is 0 Å². The second-order valence-corrected chi connectivity index (χ2v) is 4.36. The number of hydrogen-bond acceptors (Lipinski definition) is 3. The standard InChI is InChI=1S/C11H23NO2/c1-8-5-11(6-9(2)13-8)14-10(3)7-12-4/h8-12H,5-7H2,1-4H3. The van der Waals surface area contributed by atoms with Crippen LogP contribution >= 0.6 is 0 Å². The molecule has 1 aliphatic heterocycles. The molecule has 1 heterocycles. The van der Waals surface area contributed by atoms with Gasteiger partial charge in [0.15, 0.2) is 0 Å². The molecule has 0 aromatic heterocycles. The van der Waals surface area contributed by atoms with Gasteiger partial charge in [-0.25, -0.2) is 0 Å². The Bertz CT molecular complexity index is 153. The molecule has 84 valence electrons. The van der Waals surface area contributed by atoms with Gasteiger partial charge in [-0.1, -0.05) is 0 Å². The molecule has 0 bridgehead atoms. The zero-order valence-electron chi connectivity index (χ0n) is 9.75. The van der Waals surface area contributed by atoms with E-state index in [0.29, 0.717) is 24.4 Å². The van der Waals surface area contributed by atoms with Gasteiger partial charge in [-0.15, -0.1) is 0 Å². The first-order valence-corrected chi connectivity index (χ1v) is 5.57. The molecule has 1 saturated heterocycles. The average Bonchev–Trinajstić information content (AvgIpc) is 2.01. The molecule has 14 heavy (non-hydrogen) atoms. The van der Waals surface area contributed by atoms with Gasteiger partial charge in [-0.2, -0.15) is 0 Å². The van der Waals surface area contributed by atoms with Gasteiger partial charge in [-0.3, -0.25) is 0 Å². The lowest BCUT2D eigenvalue weighted by atomic mass is 10.0. The summed E-state index contributed by atoms with van der Waals surface area (Å²) < 4.78 is 11.6. The van der Waals surface area contributed by atoms with Crippen molar-refractivity contribution < 1.29 is 9.47 Å². The predicted octanol–water partition coefficient (Wildman–Crippen LogP) is 1.57. The summed E-state index contributed by atoms with van der Waals surface area (Å²) in [7, 11) is 1.95. The van der Waals surface area contributed by atoms with Crippen LogP contribution < -0.4 is 5.32 Å². The highest BCUT2D eigenvalue weighted by molar-refractivity contribution is 4.74. The van der Waals surface area contributed by atoms with Gasteiger partial charge in [0, 0.05) is 6.54 Å². The fourth-order valence-corrected chi connectivity index (χ4v) is 2.12. The summed E-state index contributed by atoms with van der Waals surface area (Å²) in [5.41, 5.74) is 0. The third-order valence-electron chi connectivity index (χ3n) is 2.57. The monoisotopic (exact) mass is 201 g/mol. The minimum Gasteiger partial charge on any atom is -0.375 e. The summed E-state index contributed by atoms with van der Waals surface area (Å²) in [6.07, 6.45) is 3.40. The molecule has 0 radical (unpaired) electrons. The highest BCUT2D eigenvalue weighted by Gasteiger charge is 2.25. The van der Waals surface area contributed by atoms with Crippen LogP contribution in [-0.4, -0.2) is 38.0 Å². The first-order valence-electron chi connectivity index (χ1n) is 5.57. The van der Waals surface area contributed by atoms with E-state index in [2.05, 4.69) is 26.1 Å². The highest BCUT2D eigenvalue weighted by atomic mass is 16.5. The van der Waals surface area contributed by atoms with Crippen molar-refractivity contribution in [3.05, 3.63) is 0 Å². The molecule has 0 aromatic carbocycles. The molecule has 3 unspecified atom stereocenters. The van der Waals surface area contributed by atoms with Crippen molar-refractivity contribution in [2.75, 3.05) is 13.6 Å². The second-order valence-electron chi connectivity index (χ2n) is 4.36. The van der Waals surface area contributed by atoms with E-state index in [9.17, 15) is 0 Å². The Morgan fingerprint density at radius 3 is 2.43 bits per heavy atom. The molecular formula is C11H23NO2. The molecule has 0 spiro atoms. The first-order chi connectivity index (χ1) is 6.61. The maximum Gasteiger partial charge on any atom is 0.0675 e. The normalized spacial score (nSPS) is 35.6. The van der Waals surface area contributed by atoms with Crippen LogP contribution in [0.1, 0.15) is 33.6 Å². The highest BCUT2D eigenvalue weighted by Crippen LogP contribution is 2.22. The Hall–Kier alpha value is -0.120. The Morgan fingerprint density at radius 1 is 1.36 bits per heavy atom. The molecule has 1 aliphatic rings. The number of likely N-dealkylation sites (N-methyl/N-ethyl adjacent to an activating group) is 1. The number of hydrogen-bond donors (Lipinski definition) is 1. The summed E-state index contributed by atoms with van der Waals surface area (Å²) in [5.74, 6) is 0. The molecule has 0 amide bonds. The van der Waals surface area contributed by atoms with Crippen molar-refractivity contribution in [2.24, 2.45) is 0 Å². The zero-order valence-corrected chi connectivity index (χ0v) is 9.75. The van der Waals surface area contributed by atoms with Crippen molar-refractivity contribution in [3.8, 4) is 0 Å². The van der Waals surface area contributed by atoms with E-state index in [1.807, 2.05) is 7.05 Å². The molecule has 0 aromatic rings. The minimum atomic E-state index is 0.294. The van der Waals surface area contributed by atoms with Crippen LogP contribution in [0.3, 0.4) is 0 Å². The summed E-state index contributed by atoms with van der Waals surface area (Å²) in [6.45, 7) is 7.27. The van der Waals surface area contributed by atoms with Crippen molar-refractivity contribution in [2.45, 2.75) is 58.0 Å². The largest absolute Gasteiger partial charge is 0.375 e. The van der Waals surface area contributed by atoms with Crippen LogP contribution in [0.25, 0.3) is 0 Å². The van der Waals surface area contributed by atoms with Crippen LogP contribution in [0.2, 0.25) is 0 Å². The smallest absolute Gasteiger partial charge is 0.0675 e. The topological polar surface area (TPSA) is 30.5 Å². The molecule has 0 aliphatic carbocycles. The van der Waals surface area contributed by atoms with Crippen molar-refractivity contribution in [1.29, 1.82) is 0 Å². The van der Waals surface area contributed by atoms with E-state index in [1.165, 1.54) is 0 Å². The van der Waals surface area contributed by atoms with Gasteiger partial charge < -0.3 is 14.8 Å². The quantitative estimate of drug-likeness (QED) is 0.749. The van der Waals surface area contributed by atoms with E-state index in [4.69, 9.17) is 9.47 Å². The lowest BCUT2D eigenvalue weighted by Gasteiger charge is -2.33. The van der Waals surface area contributed by atoms with Gasteiger partial charge in [-0.05, 0) is 40.7 Å². The summed E-state index contributed by atoms with van der Waals surface area (Å²) in [5, 5.41) is 3.12. The van der Waals surface area contributed by atoms with Crippen LogP contribution in [0, 0.1) is 0 Å². The van der Waals surface area contributed by atoms with Gasteiger partial charge in [0.05, 0.1) is 24.4 Å². The lowest BCUT2D eigenvalue weighted by Crippen LogP contribution is -2.37. The van der Waals surface area contributed by atoms with Gasteiger partial charge in [0.1, 0.15) is 0 Å². The minimum absolute atomic E-state index is 0.294. The number of rotatable bonds is 4. The molecule has 0 saturated carbocycles. The fourth-order valence-electron chi connectivity index (χ4n) is 2.12. The maximum atomic E-state index is 5.93. The van der Waals surface area contributed by atoms with E-state index < -0.39 is 0 Å². The van der Waals surface area contributed by atoms with E-state index in [0.717, 1.165) is 19.4 Å². The third kappa shape index (κ3) is 3.95. The SMILES string of the molecule is CNCC(C)OC1CC(C)OC(C)C1. The van der Waals surface area contributed by atoms with Crippen molar-refractivity contribution in [1.82, 2.24) is 5.32 Å². The molecule has 3 atom stereocenters. The first kappa shape index (κ1) is 12.0. The predicted molar refractivity (Wildman–Crippen MR) is 57.5 cm³/mol. The van der Waals surface area contributed by atoms with Crippen LogP contribution in [-0.2, 0) is 9.47 Å². The second kappa shape index (κ2) is 5.69. The van der Waals surface area contributed by atoms with E-state index in [-0.39, 0.29) is 0 Å². The van der Waals surface area contributed by atoms with Gasteiger partial charge in [0.25, 0.3) is 0 Å². The summed E-state index contributed by atoms with van der Waals surface area (Å²) >= 11 is 0. The summed E-state index contributed by atoms with van der Waals surface area (Å²) in [6, 6.07) is 0. The van der Waals surface area contributed by atoms with Crippen molar-refractivity contribution in [3.63, 3.8) is 0 Å². The third-order valence-corrected chi connectivity index (χ3v) is 2.57. The Balaban J connectivity index is 2.29. The molecule has 3 heteroatoms. The van der Waals surface area contributed by atoms with Crippen LogP contribution in [0.15, 0.2) is 0 Å².